The third-order valence-electron chi connectivity index (χ3n) is 4.88. The third kappa shape index (κ3) is 6.04. The number of hydrogen-bond donors (Lipinski definition) is 0. The molecular weight excluding hydrogens is 441 g/mol. The maximum absolute atomic E-state index is 12.5. The first-order valence-electron chi connectivity index (χ1n) is 10.6. The van der Waals surface area contributed by atoms with Gasteiger partial charge in [-0.05, 0) is 0 Å². The Labute approximate surface area is 185 Å². The third-order valence-corrected chi connectivity index (χ3v) is 7.13. The van der Waals surface area contributed by atoms with Crippen molar-refractivity contribution in [1.82, 2.24) is 15.0 Å². The first-order chi connectivity index (χ1) is 14.7. The molecule has 3 rings (SSSR count). The summed E-state index contributed by atoms with van der Waals surface area (Å²) in [6.07, 6.45) is 6.94. The summed E-state index contributed by atoms with van der Waals surface area (Å²) in [5.41, 5.74) is 1.96. The molecule has 5 nitrogen and oxygen atoms in total. The summed E-state index contributed by atoms with van der Waals surface area (Å²) in [5, 5.41) is 8.39. The van der Waals surface area contributed by atoms with E-state index < -0.39 is 5.97 Å². The molecule has 2 aromatic carbocycles. The summed E-state index contributed by atoms with van der Waals surface area (Å²) in [6, 6.07) is 18.6. The molecule has 0 saturated carbocycles. The summed E-state index contributed by atoms with van der Waals surface area (Å²) >= 11 is 0.134. The van der Waals surface area contributed by atoms with Crippen molar-refractivity contribution in [2.75, 3.05) is 6.61 Å². The summed E-state index contributed by atoms with van der Waals surface area (Å²) in [5.74, 6) is -0.390. The minimum absolute atomic E-state index is 0.134. The Kier molecular flexibility index (Phi) is 8.66. The van der Waals surface area contributed by atoms with E-state index in [2.05, 4.69) is 47.6 Å². The van der Waals surface area contributed by atoms with E-state index in [0.717, 1.165) is 18.5 Å². The van der Waals surface area contributed by atoms with Gasteiger partial charge in [0.1, 0.15) is 0 Å². The monoisotopic (exact) mass is 471 g/mol. The topological polar surface area (TPSA) is 57.0 Å². The Bertz CT molecular complexity index is 941. The van der Waals surface area contributed by atoms with Crippen LogP contribution in [-0.2, 0) is 4.74 Å². The van der Waals surface area contributed by atoms with Crippen molar-refractivity contribution in [3.8, 4) is 5.69 Å². The van der Waals surface area contributed by atoms with Crippen LogP contribution in [0.2, 0.25) is 0 Å². The summed E-state index contributed by atoms with van der Waals surface area (Å²) < 4.78 is 9.67. The van der Waals surface area contributed by atoms with E-state index in [1.807, 2.05) is 31.2 Å². The number of para-hydroxylation sites is 1. The number of unbranched alkanes of at least 4 members (excludes halogenated alkanes) is 5. The zero-order valence-electron chi connectivity index (χ0n) is 17.7. The van der Waals surface area contributed by atoms with Gasteiger partial charge in [0.25, 0.3) is 0 Å². The van der Waals surface area contributed by atoms with Crippen molar-refractivity contribution in [2.45, 2.75) is 52.4 Å². The Morgan fingerprint density at radius 2 is 1.67 bits per heavy atom. The number of ether oxygens (including phenoxy) is 1. The van der Waals surface area contributed by atoms with Crippen LogP contribution in [0.25, 0.3) is 5.69 Å². The minimum atomic E-state index is -0.390. The number of esters is 1. The van der Waals surface area contributed by atoms with Gasteiger partial charge < -0.3 is 0 Å². The van der Waals surface area contributed by atoms with Crippen LogP contribution in [0.3, 0.4) is 0 Å². The molecule has 1 heterocycles. The van der Waals surface area contributed by atoms with Gasteiger partial charge in [-0.1, -0.05) is 19.8 Å². The van der Waals surface area contributed by atoms with Crippen molar-refractivity contribution >= 4 is 29.8 Å². The van der Waals surface area contributed by atoms with E-state index in [1.165, 1.54) is 34.6 Å². The standard InChI is InChI=1S/C24H29N3O2Se/c1-3-4-5-6-7-13-18-29-24(28)23-19(2)27(26-25-23)21-16-11-12-17-22(21)30-20-14-9-8-10-15-20/h8-12,14-17H,3-7,13,18H2,1-2H3. The number of hydrogen-bond acceptors (Lipinski definition) is 4. The van der Waals surface area contributed by atoms with E-state index in [-0.39, 0.29) is 15.0 Å². The molecule has 0 fully saturated rings. The zero-order valence-corrected chi connectivity index (χ0v) is 19.4. The first kappa shape index (κ1) is 22.3. The molecule has 0 radical (unpaired) electrons. The second kappa shape index (κ2) is 11.7. The average molecular weight is 470 g/mol. The predicted molar refractivity (Wildman–Crippen MR) is 121 cm³/mol. The van der Waals surface area contributed by atoms with E-state index >= 15 is 0 Å². The van der Waals surface area contributed by atoms with E-state index in [4.69, 9.17) is 4.74 Å². The fourth-order valence-electron chi connectivity index (χ4n) is 3.20. The number of aromatic nitrogens is 3. The number of benzene rings is 2. The van der Waals surface area contributed by atoms with Gasteiger partial charge in [-0.3, -0.25) is 0 Å². The van der Waals surface area contributed by atoms with Gasteiger partial charge in [0.15, 0.2) is 0 Å². The molecule has 0 aliphatic rings. The van der Waals surface area contributed by atoms with Gasteiger partial charge in [0.05, 0.1) is 0 Å². The van der Waals surface area contributed by atoms with Gasteiger partial charge in [-0.2, -0.15) is 0 Å². The molecular formula is C24H29N3O2Se. The molecule has 0 aliphatic carbocycles. The Balaban J connectivity index is 1.65. The van der Waals surface area contributed by atoms with Crippen LogP contribution in [0.5, 0.6) is 0 Å². The van der Waals surface area contributed by atoms with Gasteiger partial charge in [-0.15, -0.1) is 0 Å². The summed E-state index contributed by atoms with van der Waals surface area (Å²) in [6.45, 7) is 4.51. The van der Waals surface area contributed by atoms with Crippen molar-refractivity contribution in [3.63, 3.8) is 0 Å². The molecule has 0 aliphatic heterocycles. The summed E-state index contributed by atoms with van der Waals surface area (Å²) in [4.78, 5) is 12.5. The maximum atomic E-state index is 12.5. The van der Waals surface area contributed by atoms with Crippen molar-refractivity contribution in [1.29, 1.82) is 0 Å². The molecule has 0 amide bonds. The van der Waals surface area contributed by atoms with Gasteiger partial charge in [-0.25, -0.2) is 0 Å². The fourth-order valence-corrected chi connectivity index (χ4v) is 5.20. The molecule has 0 bridgehead atoms. The molecule has 0 atom stereocenters. The molecule has 0 saturated heterocycles. The SMILES string of the molecule is CCCCCCCCOC(=O)c1nnn(-c2ccccc2[Se]c2ccccc2)c1C. The molecule has 6 heteroatoms. The second-order valence-corrected chi connectivity index (χ2v) is 9.56. The van der Waals surface area contributed by atoms with Crippen LogP contribution in [0.1, 0.15) is 61.6 Å². The predicted octanol–water partition coefficient (Wildman–Crippen LogP) is 3.75. The molecule has 0 N–H and O–H groups in total. The van der Waals surface area contributed by atoms with Crippen LogP contribution >= 0.6 is 0 Å². The Morgan fingerprint density at radius 3 is 2.47 bits per heavy atom. The fraction of sp³-hybridized carbons (Fsp3) is 0.375. The molecule has 0 spiro atoms. The van der Waals surface area contributed by atoms with Crippen LogP contribution in [0.15, 0.2) is 54.6 Å². The van der Waals surface area contributed by atoms with Gasteiger partial charge >= 0.3 is 165 Å². The van der Waals surface area contributed by atoms with Crippen molar-refractivity contribution in [2.24, 2.45) is 0 Å². The second-order valence-electron chi connectivity index (χ2n) is 7.22. The van der Waals surface area contributed by atoms with Crippen LogP contribution in [0, 0.1) is 6.92 Å². The number of carbonyl (C=O) groups excluding carboxylic acids is 1. The number of rotatable bonds is 11. The normalized spacial score (nSPS) is 10.9. The Hall–Kier alpha value is -2.43. The zero-order chi connectivity index (χ0) is 21.2. The molecule has 1 aromatic heterocycles. The summed E-state index contributed by atoms with van der Waals surface area (Å²) in [7, 11) is 0. The van der Waals surface area contributed by atoms with Gasteiger partial charge in [0.2, 0.25) is 0 Å². The van der Waals surface area contributed by atoms with Crippen molar-refractivity contribution < 1.29 is 9.53 Å². The molecule has 30 heavy (non-hydrogen) atoms. The van der Waals surface area contributed by atoms with E-state index in [1.54, 1.807) is 4.68 Å². The quantitative estimate of drug-likeness (QED) is 0.243. The number of carbonyl (C=O) groups is 1. The average Bonchev–Trinajstić information content (AvgIpc) is 3.15. The molecule has 3 aromatic rings. The first-order valence-corrected chi connectivity index (χ1v) is 12.3. The van der Waals surface area contributed by atoms with Crippen LogP contribution in [0.4, 0.5) is 0 Å². The van der Waals surface area contributed by atoms with E-state index in [9.17, 15) is 4.79 Å². The van der Waals surface area contributed by atoms with Crippen LogP contribution in [-0.4, -0.2) is 42.5 Å². The Morgan fingerprint density at radius 1 is 0.967 bits per heavy atom. The van der Waals surface area contributed by atoms with Crippen LogP contribution < -0.4 is 8.92 Å². The van der Waals surface area contributed by atoms with Crippen molar-refractivity contribution in [3.05, 3.63) is 66.0 Å². The molecule has 0 unspecified atom stereocenters. The van der Waals surface area contributed by atoms with Gasteiger partial charge in [0, 0.05) is 0 Å². The number of nitrogens with zero attached hydrogens (tertiary/aromatic N) is 3. The molecule has 158 valence electrons. The van der Waals surface area contributed by atoms with E-state index in [0.29, 0.717) is 18.0 Å².